The molecule has 7 heteroatoms. The molecular weight excluding hydrogens is 303 g/mol. The number of aryl methyl sites for hydroxylation is 1. The van der Waals surface area contributed by atoms with E-state index in [0.29, 0.717) is 17.0 Å². The number of aliphatic carboxylic acids is 1. The number of nitrogens with zero attached hydrogens (tertiary/aromatic N) is 1. The lowest BCUT2D eigenvalue weighted by Crippen LogP contribution is -2.45. The van der Waals surface area contributed by atoms with Gasteiger partial charge in [-0.15, -0.1) is 0 Å². The number of halogens is 1. The molecular formula is C16H17FN2O4. The first-order valence-electron chi connectivity index (χ1n) is 6.99. The summed E-state index contributed by atoms with van der Waals surface area (Å²) < 4.78 is 18.0. The van der Waals surface area contributed by atoms with E-state index >= 15 is 0 Å². The highest BCUT2D eigenvalue weighted by atomic mass is 19.1. The quantitative estimate of drug-likeness (QED) is 0.851. The number of aromatic nitrogens is 1. The maximum absolute atomic E-state index is 13.1. The Morgan fingerprint density at radius 3 is 2.52 bits per heavy atom. The van der Waals surface area contributed by atoms with E-state index in [0.717, 1.165) is 0 Å². The molecule has 2 aromatic rings. The van der Waals surface area contributed by atoms with Crippen molar-refractivity contribution >= 4 is 11.9 Å². The van der Waals surface area contributed by atoms with Crippen LogP contribution in [0.3, 0.4) is 0 Å². The molecule has 122 valence electrons. The first-order valence-corrected chi connectivity index (χ1v) is 6.99. The van der Waals surface area contributed by atoms with Gasteiger partial charge in [0, 0.05) is 6.07 Å². The second-order valence-electron chi connectivity index (χ2n) is 5.56. The third-order valence-corrected chi connectivity index (χ3v) is 3.42. The number of carboxylic acid groups (broad SMARTS) is 1. The molecule has 0 fully saturated rings. The maximum atomic E-state index is 13.1. The summed E-state index contributed by atoms with van der Waals surface area (Å²) in [7, 11) is 0. The first-order chi connectivity index (χ1) is 10.8. The zero-order valence-electron chi connectivity index (χ0n) is 12.8. The molecule has 6 nitrogen and oxygen atoms in total. The highest BCUT2D eigenvalue weighted by molar-refractivity contribution is 5.80. The van der Waals surface area contributed by atoms with E-state index in [1.54, 1.807) is 19.9 Å². The molecule has 2 rings (SSSR count). The van der Waals surface area contributed by atoms with E-state index in [9.17, 15) is 14.0 Å². The number of carboxylic acids is 1. The fourth-order valence-electron chi connectivity index (χ4n) is 2.36. The van der Waals surface area contributed by atoms with Crippen molar-refractivity contribution in [1.29, 1.82) is 0 Å². The zero-order chi connectivity index (χ0) is 17.0. The SMILES string of the molecule is Cc1cc(CC(=O)NC(C)(CC(=O)O)c2ccc(F)cc2)no1. The smallest absolute Gasteiger partial charge is 0.306 e. The van der Waals surface area contributed by atoms with Crippen LogP contribution in [0.25, 0.3) is 0 Å². The number of carbonyl (C=O) groups excluding carboxylic acids is 1. The minimum atomic E-state index is -1.16. The number of amides is 1. The summed E-state index contributed by atoms with van der Waals surface area (Å²) in [5, 5.41) is 15.5. The molecule has 0 bridgehead atoms. The Labute approximate surface area is 132 Å². The van der Waals surface area contributed by atoms with Crippen LogP contribution in [0.4, 0.5) is 4.39 Å². The normalized spacial score (nSPS) is 13.3. The van der Waals surface area contributed by atoms with Gasteiger partial charge in [0.2, 0.25) is 5.91 Å². The number of nitrogens with one attached hydrogen (secondary N) is 1. The van der Waals surface area contributed by atoms with Crippen LogP contribution in [0, 0.1) is 12.7 Å². The van der Waals surface area contributed by atoms with Crippen molar-refractivity contribution in [1.82, 2.24) is 10.5 Å². The fraction of sp³-hybridized carbons (Fsp3) is 0.312. The number of carbonyl (C=O) groups is 2. The van der Waals surface area contributed by atoms with Crippen molar-refractivity contribution in [2.45, 2.75) is 32.2 Å². The van der Waals surface area contributed by atoms with Gasteiger partial charge in [-0.2, -0.15) is 0 Å². The number of hydrogen-bond acceptors (Lipinski definition) is 4. The molecule has 2 N–H and O–H groups in total. The molecule has 1 unspecified atom stereocenters. The van der Waals surface area contributed by atoms with Gasteiger partial charge in [0.25, 0.3) is 0 Å². The summed E-state index contributed by atoms with van der Waals surface area (Å²) in [6, 6.07) is 6.99. The maximum Gasteiger partial charge on any atom is 0.306 e. The van der Waals surface area contributed by atoms with Crippen LogP contribution in [0.1, 0.15) is 30.4 Å². The second-order valence-corrected chi connectivity index (χ2v) is 5.56. The van der Waals surface area contributed by atoms with Gasteiger partial charge in [-0.05, 0) is 31.5 Å². The lowest BCUT2D eigenvalue weighted by atomic mass is 9.88. The summed E-state index contributed by atoms with van der Waals surface area (Å²) in [4.78, 5) is 23.3. The molecule has 0 radical (unpaired) electrons. The van der Waals surface area contributed by atoms with Gasteiger partial charge in [-0.25, -0.2) is 4.39 Å². The van der Waals surface area contributed by atoms with Crippen molar-refractivity contribution in [3.8, 4) is 0 Å². The largest absolute Gasteiger partial charge is 0.481 e. The second kappa shape index (κ2) is 6.60. The van der Waals surface area contributed by atoms with Gasteiger partial charge in [-0.1, -0.05) is 17.3 Å². The number of hydrogen-bond donors (Lipinski definition) is 2. The Kier molecular flexibility index (Phi) is 4.78. The van der Waals surface area contributed by atoms with Crippen LogP contribution in [0.15, 0.2) is 34.9 Å². The van der Waals surface area contributed by atoms with Gasteiger partial charge in [0.05, 0.1) is 24.1 Å². The third-order valence-electron chi connectivity index (χ3n) is 3.42. The summed E-state index contributed by atoms with van der Waals surface area (Å²) in [5.41, 5.74) is -0.196. The Balaban J connectivity index is 2.18. The third kappa shape index (κ3) is 4.38. The first kappa shape index (κ1) is 16.7. The summed E-state index contributed by atoms with van der Waals surface area (Å²) in [5.74, 6) is -1.32. The Morgan fingerprint density at radius 1 is 1.35 bits per heavy atom. The van der Waals surface area contributed by atoms with Gasteiger partial charge in [0.15, 0.2) is 0 Å². The van der Waals surface area contributed by atoms with E-state index < -0.39 is 23.2 Å². The molecule has 1 heterocycles. The Bertz CT molecular complexity index is 711. The van der Waals surface area contributed by atoms with E-state index in [4.69, 9.17) is 9.63 Å². The monoisotopic (exact) mass is 320 g/mol. The van der Waals surface area contributed by atoms with Crippen molar-refractivity contribution in [3.05, 3.63) is 53.2 Å². The van der Waals surface area contributed by atoms with Gasteiger partial charge >= 0.3 is 5.97 Å². The molecule has 0 aliphatic heterocycles. The molecule has 0 saturated heterocycles. The van der Waals surface area contributed by atoms with Crippen molar-refractivity contribution in [2.24, 2.45) is 0 Å². The van der Waals surface area contributed by atoms with Crippen LogP contribution in [0.5, 0.6) is 0 Å². The van der Waals surface area contributed by atoms with Gasteiger partial charge in [0.1, 0.15) is 11.6 Å². The Hall–Kier alpha value is -2.70. The minimum Gasteiger partial charge on any atom is -0.481 e. The lowest BCUT2D eigenvalue weighted by Gasteiger charge is -2.30. The lowest BCUT2D eigenvalue weighted by molar-refractivity contribution is -0.139. The molecule has 0 aliphatic rings. The minimum absolute atomic E-state index is 0.0340. The fourth-order valence-corrected chi connectivity index (χ4v) is 2.36. The predicted octanol–water partition coefficient (Wildman–Crippen LogP) is 2.17. The van der Waals surface area contributed by atoms with Crippen LogP contribution >= 0.6 is 0 Å². The molecule has 0 aliphatic carbocycles. The van der Waals surface area contributed by atoms with E-state index in [-0.39, 0.29) is 12.8 Å². The molecule has 0 spiro atoms. The summed E-state index contributed by atoms with van der Waals surface area (Å²) in [6.07, 6.45) is -0.365. The number of rotatable bonds is 6. The molecule has 1 aromatic carbocycles. The number of benzene rings is 1. The van der Waals surface area contributed by atoms with Crippen LogP contribution in [-0.4, -0.2) is 22.1 Å². The van der Waals surface area contributed by atoms with E-state index in [1.807, 2.05) is 0 Å². The van der Waals surface area contributed by atoms with Crippen molar-refractivity contribution in [2.75, 3.05) is 0 Å². The van der Waals surface area contributed by atoms with Crippen LogP contribution in [-0.2, 0) is 21.5 Å². The van der Waals surface area contributed by atoms with Crippen molar-refractivity contribution in [3.63, 3.8) is 0 Å². The highest BCUT2D eigenvalue weighted by Crippen LogP contribution is 2.25. The van der Waals surface area contributed by atoms with E-state index in [1.165, 1.54) is 24.3 Å². The average Bonchev–Trinajstić information content (AvgIpc) is 2.83. The van der Waals surface area contributed by atoms with Crippen LogP contribution in [0.2, 0.25) is 0 Å². The molecule has 1 aromatic heterocycles. The van der Waals surface area contributed by atoms with Gasteiger partial charge < -0.3 is 14.9 Å². The van der Waals surface area contributed by atoms with E-state index in [2.05, 4.69) is 10.5 Å². The topological polar surface area (TPSA) is 92.4 Å². The summed E-state index contributed by atoms with van der Waals surface area (Å²) >= 11 is 0. The van der Waals surface area contributed by atoms with Crippen molar-refractivity contribution < 1.29 is 23.6 Å². The predicted molar refractivity (Wildman–Crippen MR) is 79.1 cm³/mol. The summed E-state index contributed by atoms with van der Waals surface area (Å²) in [6.45, 7) is 3.29. The molecule has 23 heavy (non-hydrogen) atoms. The standard InChI is InChI=1S/C16H17FN2O4/c1-10-7-13(19-23-10)8-14(20)18-16(2,9-15(21)22)11-3-5-12(17)6-4-11/h3-7H,8-9H2,1-2H3,(H,18,20)(H,21,22). The zero-order valence-corrected chi connectivity index (χ0v) is 12.8. The molecule has 1 atom stereocenters. The molecule has 0 saturated carbocycles. The van der Waals surface area contributed by atoms with Crippen LogP contribution < -0.4 is 5.32 Å². The molecule has 1 amide bonds. The van der Waals surface area contributed by atoms with Gasteiger partial charge in [-0.3, -0.25) is 9.59 Å². The average molecular weight is 320 g/mol. The highest BCUT2D eigenvalue weighted by Gasteiger charge is 2.31. The Morgan fingerprint density at radius 2 is 2.00 bits per heavy atom.